The average Bonchev–Trinajstić information content (AvgIpc) is 2.48. The minimum Gasteiger partial charge on any atom is -0.284 e. The highest BCUT2D eigenvalue weighted by Crippen LogP contribution is 2.19. The van der Waals surface area contributed by atoms with Gasteiger partial charge >= 0.3 is 0 Å². The average molecular weight is 178 g/mol. The number of hydrazine groups is 1. The van der Waals surface area contributed by atoms with Crippen LogP contribution in [0.15, 0.2) is 35.7 Å². The highest BCUT2D eigenvalue weighted by atomic mass is 15.5. The summed E-state index contributed by atoms with van der Waals surface area (Å²) in [5.41, 5.74) is 5.83. The predicted octanol–water partition coefficient (Wildman–Crippen LogP) is 2.58. The number of nitrogens with one attached hydrogen (secondary N) is 1. The van der Waals surface area contributed by atoms with Crippen molar-refractivity contribution in [3.05, 3.63) is 35.7 Å². The van der Waals surface area contributed by atoms with Gasteiger partial charge in [0.1, 0.15) is 0 Å². The lowest BCUT2D eigenvalue weighted by Crippen LogP contribution is -2.32. The van der Waals surface area contributed by atoms with Crippen LogP contribution in [-0.2, 0) is 0 Å². The van der Waals surface area contributed by atoms with Gasteiger partial charge in [-0.15, -0.1) is 0 Å². The summed E-state index contributed by atoms with van der Waals surface area (Å²) in [5, 5.41) is 2.07. The van der Waals surface area contributed by atoms with E-state index in [1.54, 1.807) is 0 Å². The molecular weight excluding hydrogens is 160 g/mol. The molecule has 0 spiro atoms. The SMILES string of the molecule is CC.CC1=CN2NC(C)C=C2C=C1. The van der Waals surface area contributed by atoms with Crippen LogP contribution in [0.5, 0.6) is 0 Å². The molecule has 0 radical (unpaired) electrons. The van der Waals surface area contributed by atoms with Gasteiger partial charge in [-0.1, -0.05) is 19.9 Å². The van der Waals surface area contributed by atoms with Crippen LogP contribution in [0.3, 0.4) is 0 Å². The Hall–Kier alpha value is -1.02. The Balaban J connectivity index is 0.000000396. The monoisotopic (exact) mass is 178 g/mol. The zero-order valence-electron chi connectivity index (χ0n) is 8.83. The highest BCUT2D eigenvalue weighted by molar-refractivity contribution is 5.35. The zero-order valence-corrected chi connectivity index (χ0v) is 8.83. The molecule has 0 aromatic carbocycles. The molecule has 1 atom stereocenters. The molecule has 0 fully saturated rings. The molecule has 2 aliphatic rings. The fourth-order valence-electron chi connectivity index (χ4n) is 1.38. The van der Waals surface area contributed by atoms with E-state index in [1.165, 1.54) is 11.3 Å². The van der Waals surface area contributed by atoms with Gasteiger partial charge < -0.3 is 0 Å². The number of fused-ring (bicyclic) bond motifs is 1. The third-order valence-corrected chi connectivity index (χ3v) is 1.89. The molecule has 2 heterocycles. The first-order valence-corrected chi connectivity index (χ1v) is 4.89. The Labute approximate surface area is 80.6 Å². The summed E-state index contributed by atoms with van der Waals surface area (Å²) in [5.74, 6) is 0. The summed E-state index contributed by atoms with van der Waals surface area (Å²) in [6.07, 6.45) is 8.57. The van der Waals surface area contributed by atoms with Gasteiger partial charge in [-0.25, -0.2) is 5.43 Å². The summed E-state index contributed by atoms with van der Waals surface area (Å²) >= 11 is 0. The first-order chi connectivity index (χ1) is 6.25. The lowest BCUT2D eigenvalue weighted by molar-refractivity contribution is 0.357. The third kappa shape index (κ3) is 2.22. The molecule has 1 unspecified atom stereocenters. The Morgan fingerprint density at radius 2 is 2.00 bits per heavy atom. The van der Waals surface area contributed by atoms with E-state index in [2.05, 4.69) is 48.7 Å². The summed E-state index contributed by atoms with van der Waals surface area (Å²) in [6.45, 7) is 8.24. The largest absolute Gasteiger partial charge is 0.284 e. The highest BCUT2D eigenvalue weighted by Gasteiger charge is 2.17. The van der Waals surface area contributed by atoms with Crippen molar-refractivity contribution in [3.8, 4) is 0 Å². The van der Waals surface area contributed by atoms with Gasteiger partial charge in [0.2, 0.25) is 0 Å². The van der Waals surface area contributed by atoms with Crippen molar-refractivity contribution >= 4 is 0 Å². The predicted molar refractivity (Wildman–Crippen MR) is 56.8 cm³/mol. The summed E-state index contributed by atoms with van der Waals surface area (Å²) in [4.78, 5) is 0. The summed E-state index contributed by atoms with van der Waals surface area (Å²) in [6, 6.07) is 0.455. The van der Waals surface area contributed by atoms with E-state index in [9.17, 15) is 0 Å². The first kappa shape index (κ1) is 10.1. The Morgan fingerprint density at radius 3 is 2.69 bits per heavy atom. The van der Waals surface area contributed by atoms with Crippen LogP contribution in [0.25, 0.3) is 0 Å². The van der Waals surface area contributed by atoms with Crippen LogP contribution in [0.4, 0.5) is 0 Å². The van der Waals surface area contributed by atoms with Crippen LogP contribution in [0.2, 0.25) is 0 Å². The lowest BCUT2D eigenvalue weighted by Gasteiger charge is -2.20. The Kier molecular flexibility index (Phi) is 3.32. The molecule has 0 aliphatic carbocycles. The zero-order chi connectivity index (χ0) is 9.84. The van der Waals surface area contributed by atoms with Gasteiger partial charge in [0.25, 0.3) is 0 Å². The second kappa shape index (κ2) is 4.28. The topological polar surface area (TPSA) is 15.3 Å². The normalized spacial score (nSPS) is 24.3. The molecule has 2 rings (SSSR count). The molecule has 0 aromatic rings. The number of nitrogens with zero attached hydrogens (tertiary/aromatic N) is 1. The maximum atomic E-state index is 3.30. The minimum absolute atomic E-state index is 0.455. The van der Waals surface area contributed by atoms with Crippen LogP contribution >= 0.6 is 0 Å². The summed E-state index contributed by atoms with van der Waals surface area (Å²) < 4.78 is 0. The molecule has 0 saturated carbocycles. The van der Waals surface area contributed by atoms with Crippen molar-refractivity contribution < 1.29 is 0 Å². The number of hydrogen-bond donors (Lipinski definition) is 1. The van der Waals surface area contributed by atoms with Crippen molar-refractivity contribution in [2.75, 3.05) is 0 Å². The van der Waals surface area contributed by atoms with Crippen molar-refractivity contribution in [2.24, 2.45) is 0 Å². The molecule has 13 heavy (non-hydrogen) atoms. The molecule has 0 aromatic heterocycles. The molecule has 72 valence electrons. The van der Waals surface area contributed by atoms with E-state index in [0.717, 1.165) is 0 Å². The van der Waals surface area contributed by atoms with Gasteiger partial charge in [0.15, 0.2) is 0 Å². The van der Waals surface area contributed by atoms with E-state index in [-0.39, 0.29) is 0 Å². The van der Waals surface area contributed by atoms with Crippen LogP contribution in [0, 0.1) is 0 Å². The lowest BCUT2D eigenvalue weighted by atomic mass is 10.2. The van der Waals surface area contributed by atoms with E-state index >= 15 is 0 Å². The van der Waals surface area contributed by atoms with E-state index in [1.807, 2.05) is 13.8 Å². The fraction of sp³-hybridized carbons (Fsp3) is 0.455. The van der Waals surface area contributed by atoms with Crippen LogP contribution in [-0.4, -0.2) is 11.1 Å². The van der Waals surface area contributed by atoms with Crippen LogP contribution < -0.4 is 5.43 Å². The van der Waals surface area contributed by atoms with E-state index in [4.69, 9.17) is 0 Å². The van der Waals surface area contributed by atoms with Gasteiger partial charge in [0.05, 0.1) is 5.70 Å². The number of hydrogen-bond acceptors (Lipinski definition) is 2. The summed E-state index contributed by atoms with van der Waals surface area (Å²) in [7, 11) is 0. The van der Waals surface area contributed by atoms with Crippen molar-refractivity contribution in [3.63, 3.8) is 0 Å². The molecule has 2 nitrogen and oxygen atoms in total. The Bertz CT molecular complexity index is 261. The van der Waals surface area contributed by atoms with Crippen molar-refractivity contribution in [1.82, 2.24) is 10.4 Å². The van der Waals surface area contributed by atoms with Gasteiger partial charge in [-0.05, 0) is 31.6 Å². The third-order valence-electron chi connectivity index (χ3n) is 1.89. The Morgan fingerprint density at radius 1 is 1.31 bits per heavy atom. The molecule has 0 bridgehead atoms. The molecular formula is C11H18N2. The second-order valence-corrected chi connectivity index (χ2v) is 3.09. The molecule has 2 aliphatic heterocycles. The smallest absolute Gasteiger partial charge is 0.0547 e. The molecule has 1 N–H and O–H groups in total. The van der Waals surface area contributed by atoms with Crippen molar-refractivity contribution in [2.45, 2.75) is 33.7 Å². The maximum Gasteiger partial charge on any atom is 0.0547 e. The fourth-order valence-corrected chi connectivity index (χ4v) is 1.38. The van der Waals surface area contributed by atoms with Gasteiger partial charge in [0, 0.05) is 12.2 Å². The second-order valence-electron chi connectivity index (χ2n) is 3.09. The number of rotatable bonds is 0. The first-order valence-electron chi connectivity index (χ1n) is 4.89. The van der Waals surface area contributed by atoms with Gasteiger partial charge in [-0.3, -0.25) is 5.01 Å². The molecule has 0 saturated heterocycles. The minimum atomic E-state index is 0.455. The van der Waals surface area contributed by atoms with E-state index < -0.39 is 0 Å². The molecule has 0 amide bonds. The van der Waals surface area contributed by atoms with Crippen LogP contribution in [0.1, 0.15) is 27.7 Å². The molecule has 2 heteroatoms. The standard InChI is InChI=1S/C9H12N2.C2H6/c1-7-3-4-9-5-8(2)10-11(9)6-7;1-2/h3-6,8,10H,1-2H3;1-2H3. The van der Waals surface area contributed by atoms with E-state index in [0.29, 0.717) is 6.04 Å². The maximum absolute atomic E-state index is 3.30. The quantitative estimate of drug-likeness (QED) is 0.613. The van der Waals surface area contributed by atoms with Crippen molar-refractivity contribution in [1.29, 1.82) is 0 Å². The number of allylic oxidation sites excluding steroid dienone is 3. The van der Waals surface area contributed by atoms with Gasteiger partial charge in [-0.2, -0.15) is 0 Å².